The number of phenolic OH excluding ortho intramolecular Hbond substituents is 1. The van der Waals surface area contributed by atoms with Crippen molar-refractivity contribution in [1.29, 1.82) is 0 Å². The number of aromatic hydroxyl groups is 1. The predicted molar refractivity (Wildman–Crippen MR) is 79.7 cm³/mol. The Bertz CT molecular complexity index is 434. The second-order valence-corrected chi connectivity index (χ2v) is 6.63. The zero-order valence-corrected chi connectivity index (χ0v) is 12.7. The molecule has 0 aliphatic carbocycles. The van der Waals surface area contributed by atoms with Crippen molar-refractivity contribution < 1.29 is 5.11 Å². The molecule has 106 valence electrons. The lowest BCUT2D eigenvalue weighted by atomic mass is 10.0. The third kappa shape index (κ3) is 3.85. The first-order valence-electron chi connectivity index (χ1n) is 6.81. The summed E-state index contributed by atoms with van der Waals surface area (Å²) in [6.45, 7) is 12.1. The number of nitrogens with zero attached hydrogens (tertiary/aromatic N) is 2. The van der Waals surface area contributed by atoms with Gasteiger partial charge in [-0.15, -0.1) is 0 Å². The van der Waals surface area contributed by atoms with Crippen LogP contribution in [-0.4, -0.2) is 46.6 Å². The molecule has 0 bridgehead atoms. The van der Waals surface area contributed by atoms with E-state index in [1.165, 1.54) is 0 Å². The van der Waals surface area contributed by atoms with Crippen molar-refractivity contribution in [3.63, 3.8) is 0 Å². The quantitative estimate of drug-likeness (QED) is 0.903. The molecular weight excluding hydrogens is 260 g/mol. The highest BCUT2D eigenvalue weighted by Crippen LogP contribution is 2.24. The van der Waals surface area contributed by atoms with E-state index in [0.717, 1.165) is 38.3 Å². The predicted octanol–water partition coefficient (Wildman–Crippen LogP) is 2.96. The van der Waals surface area contributed by atoms with Gasteiger partial charge in [0, 0.05) is 38.3 Å². The Labute approximate surface area is 120 Å². The van der Waals surface area contributed by atoms with E-state index in [9.17, 15) is 5.11 Å². The summed E-state index contributed by atoms with van der Waals surface area (Å²) in [5.41, 5.74) is 1.42. The molecular formula is C15H23ClN2O. The molecule has 1 N–H and O–H groups in total. The van der Waals surface area contributed by atoms with Gasteiger partial charge in [0.2, 0.25) is 0 Å². The van der Waals surface area contributed by atoms with Gasteiger partial charge in [0.25, 0.3) is 0 Å². The summed E-state index contributed by atoms with van der Waals surface area (Å²) in [6, 6.07) is 5.47. The summed E-state index contributed by atoms with van der Waals surface area (Å²) in [6.07, 6.45) is 0. The van der Waals surface area contributed by atoms with Gasteiger partial charge >= 0.3 is 0 Å². The third-order valence-corrected chi connectivity index (χ3v) is 4.04. The normalized spacial score (nSPS) is 18.7. The van der Waals surface area contributed by atoms with E-state index < -0.39 is 0 Å². The molecule has 2 rings (SSSR count). The van der Waals surface area contributed by atoms with Crippen LogP contribution >= 0.6 is 11.6 Å². The van der Waals surface area contributed by atoms with Crippen molar-refractivity contribution in [2.45, 2.75) is 32.9 Å². The highest BCUT2D eigenvalue weighted by atomic mass is 35.5. The highest BCUT2D eigenvalue weighted by molar-refractivity contribution is 6.32. The van der Waals surface area contributed by atoms with Gasteiger partial charge in [0.15, 0.2) is 0 Å². The summed E-state index contributed by atoms with van der Waals surface area (Å²) < 4.78 is 0. The molecule has 1 fully saturated rings. The maximum Gasteiger partial charge on any atom is 0.134 e. The lowest BCUT2D eigenvalue weighted by molar-refractivity contribution is 0.0591. The minimum absolute atomic E-state index is 0.156. The van der Waals surface area contributed by atoms with Crippen molar-refractivity contribution in [3.8, 4) is 5.75 Å². The molecule has 4 heteroatoms. The van der Waals surface area contributed by atoms with Crippen LogP contribution in [0.2, 0.25) is 5.02 Å². The Hall–Kier alpha value is -0.770. The van der Waals surface area contributed by atoms with E-state index in [1.807, 2.05) is 12.1 Å². The molecule has 0 amide bonds. The number of piperazine rings is 1. The van der Waals surface area contributed by atoms with Gasteiger partial charge in [0.05, 0.1) is 5.02 Å². The topological polar surface area (TPSA) is 26.7 Å². The standard InChI is InChI=1S/C15H23ClN2O/c1-15(2,3)18-8-6-17(7-9-18)11-12-4-5-14(19)13(16)10-12/h4-5,10,19H,6-9,11H2,1-3H3. The number of benzene rings is 1. The molecule has 0 atom stereocenters. The fourth-order valence-electron chi connectivity index (χ4n) is 2.48. The lowest BCUT2D eigenvalue weighted by Crippen LogP contribution is -2.53. The zero-order valence-electron chi connectivity index (χ0n) is 12.0. The van der Waals surface area contributed by atoms with Crippen LogP contribution in [0.1, 0.15) is 26.3 Å². The van der Waals surface area contributed by atoms with Crippen molar-refractivity contribution in [1.82, 2.24) is 9.80 Å². The van der Waals surface area contributed by atoms with Crippen molar-refractivity contribution in [3.05, 3.63) is 28.8 Å². The van der Waals surface area contributed by atoms with Gasteiger partial charge in [-0.3, -0.25) is 9.80 Å². The number of halogens is 1. The van der Waals surface area contributed by atoms with Gasteiger partial charge in [-0.05, 0) is 38.5 Å². The Morgan fingerprint density at radius 3 is 2.32 bits per heavy atom. The summed E-state index contributed by atoms with van der Waals surface area (Å²) in [7, 11) is 0. The molecule has 1 aromatic carbocycles. The third-order valence-electron chi connectivity index (χ3n) is 3.74. The van der Waals surface area contributed by atoms with Gasteiger partial charge in [-0.25, -0.2) is 0 Å². The van der Waals surface area contributed by atoms with Crippen molar-refractivity contribution >= 4 is 11.6 Å². The maximum absolute atomic E-state index is 9.42. The second-order valence-electron chi connectivity index (χ2n) is 6.22. The van der Waals surface area contributed by atoms with Crippen molar-refractivity contribution in [2.24, 2.45) is 0 Å². The Kier molecular flexibility index (Phi) is 4.39. The fraction of sp³-hybridized carbons (Fsp3) is 0.600. The molecule has 1 aliphatic heterocycles. The largest absolute Gasteiger partial charge is 0.506 e. The molecule has 1 aliphatic rings. The summed E-state index contributed by atoms with van der Waals surface area (Å²) >= 11 is 5.94. The minimum atomic E-state index is 0.156. The first-order valence-corrected chi connectivity index (χ1v) is 7.19. The van der Waals surface area contributed by atoms with Crippen LogP contribution in [0.15, 0.2) is 18.2 Å². The van der Waals surface area contributed by atoms with Crippen LogP contribution in [0.3, 0.4) is 0 Å². The highest BCUT2D eigenvalue weighted by Gasteiger charge is 2.25. The maximum atomic E-state index is 9.42. The Balaban J connectivity index is 1.90. The minimum Gasteiger partial charge on any atom is -0.506 e. The molecule has 0 saturated carbocycles. The lowest BCUT2D eigenvalue weighted by Gasteiger charge is -2.42. The van der Waals surface area contributed by atoms with Gasteiger partial charge in [-0.2, -0.15) is 0 Å². The van der Waals surface area contributed by atoms with Gasteiger partial charge < -0.3 is 5.11 Å². The van der Waals surface area contributed by atoms with E-state index >= 15 is 0 Å². The van der Waals surface area contributed by atoms with E-state index in [1.54, 1.807) is 6.07 Å². The molecule has 1 heterocycles. The van der Waals surface area contributed by atoms with Crippen LogP contribution in [0, 0.1) is 0 Å². The smallest absolute Gasteiger partial charge is 0.134 e. The SMILES string of the molecule is CC(C)(C)N1CCN(Cc2ccc(O)c(Cl)c2)CC1. The van der Waals surface area contributed by atoms with E-state index in [4.69, 9.17) is 11.6 Å². The number of phenols is 1. The molecule has 0 aromatic heterocycles. The summed E-state index contributed by atoms with van der Waals surface area (Å²) in [5, 5.41) is 9.86. The molecule has 3 nitrogen and oxygen atoms in total. The first-order chi connectivity index (χ1) is 8.86. The zero-order chi connectivity index (χ0) is 14.0. The molecule has 1 aromatic rings. The number of hydrogen-bond acceptors (Lipinski definition) is 3. The monoisotopic (exact) mass is 282 g/mol. The van der Waals surface area contributed by atoms with Gasteiger partial charge in [-0.1, -0.05) is 17.7 Å². The van der Waals surface area contributed by atoms with Crippen LogP contribution in [-0.2, 0) is 6.54 Å². The number of hydrogen-bond donors (Lipinski definition) is 1. The fourth-order valence-corrected chi connectivity index (χ4v) is 2.69. The molecule has 0 unspecified atom stereocenters. The van der Waals surface area contributed by atoms with E-state index in [-0.39, 0.29) is 11.3 Å². The Morgan fingerprint density at radius 1 is 1.16 bits per heavy atom. The van der Waals surface area contributed by atoms with Crippen LogP contribution in [0.5, 0.6) is 5.75 Å². The average Bonchev–Trinajstić information content (AvgIpc) is 2.33. The molecule has 19 heavy (non-hydrogen) atoms. The molecule has 0 radical (unpaired) electrons. The van der Waals surface area contributed by atoms with Gasteiger partial charge in [0.1, 0.15) is 5.75 Å². The molecule has 0 spiro atoms. The van der Waals surface area contributed by atoms with Crippen LogP contribution in [0.4, 0.5) is 0 Å². The Morgan fingerprint density at radius 2 is 1.79 bits per heavy atom. The second kappa shape index (κ2) is 5.70. The van der Waals surface area contributed by atoms with Crippen LogP contribution < -0.4 is 0 Å². The molecule has 1 saturated heterocycles. The van der Waals surface area contributed by atoms with E-state index in [2.05, 4.69) is 30.6 Å². The number of rotatable bonds is 2. The van der Waals surface area contributed by atoms with Crippen LogP contribution in [0.25, 0.3) is 0 Å². The first kappa shape index (κ1) is 14.6. The summed E-state index contributed by atoms with van der Waals surface area (Å²) in [4.78, 5) is 4.96. The summed E-state index contributed by atoms with van der Waals surface area (Å²) in [5.74, 6) is 0.156. The average molecular weight is 283 g/mol. The van der Waals surface area contributed by atoms with E-state index in [0.29, 0.717) is 5.02 Å². The van der Waals surface area contributed by atoms with Crippen molar-refractivity contribution in [2.75, 3.05) is 26.2 Å².